The van der Waals surface area contributed by atoms with Crippen LogP contribution in [0.1, 0.15) is 23.8 Å². The van der Waals surface area contributed by atoms with Crippen molar-refractivity contribution >= 4 is 29.0 Å². The monoisotopic (exact) mass is 349 g/mol. The van der Waals surface area contributed by atoms with Crippen LogP contribution in [0.25, 0.3) is 0 Å². The Morgan fingerprint density at radius 3 is 2.57 bits per heavy atom. The number of rotatable bonds is 6. The van der Waals surface area contributed by atoms with Gasteiger partial charge in [0.15, 0.2) is 0 Å². The van der Waals surface area contributed by atoms with E-state index in [4.69, 9.17) is 28.0 Å². The minimum absolute atomic E-state index is 0.387. The van der Waals surface area contributed by atoms with E-state index >= 15 is 0 Å². The smallest absolute Gasteiger partial charge is 0.203 e. The topological polar surface area (TPSA) is 45.7 Å². The van der Waals surface area contributed by atoms with Crippen molar-refractivity contribution in [2.24, 2.45) is 4.99 Å². The molecule has 0 radical (unpaired) electrons. The lowest BCUT2D eigenvalue weighted by molar-refractivity contribution is 0.0371. The van der Waals surface area contributed by atoms with Gasteiger partial charge in [0.05, 0.1) is 0 Å². The average Bonchev–Trinajstić information content (AvgIpc) is 3.02. The first-order chi connectivity index (χ1) is 11.2. The molecule has 0 fully saturated rings. The zero-order valence-corrected chi connectivity index (χ0v) is 13.9. The summed E-state index contributed by atoms with van der Waals surface area (Å²) in [5, 5.41) is 4.78. The predicted molar refractivity (Wildman–Crippen MR) is 93.6 cm³/mol. The summed E-state index contributed by atoms with van der Waals surface area (Å²) in [4.78, 5) is 9.99. The second kappa shape index (κ2) is 7.79. The summed E-state index contributed by atoms with van der Waals surface area (Å²) < 4.78 is 0. The maximum absolute atomic E-state index is 6.16. The Bertz CT molecular complexity index is 706. The second-order valence-electron chi connectivity index (χ2n) is 5.19. The fourth-order valence-corrected chi connectivity index (χ4v) is 2.75. The fourth-order valence-electron chi connectivity index (χ4n) is 2.31. The van der Waals surface area contributed by atoms with Crippen LogP contribution in [0.15, 0.2) is 53.5 Å². The molecule has 1 atom stereocenters. The van der Waals surface area contributed by atoms with Gasteiger partial charge in [0.2, 0.25) is 6.23 Å². The number of hydroxylamine groups is 1. The minimum Gasteiger partial charge on any atom is -0.312 e. The first kappa shape index (κ1) is 16.3. The van der Waals surface area contributed by atoms with Crippen LogP contribution in [-0.4, -0.2) is 12.4 Å². The Hall–Kier alpha value is -1.59. The molecule has 1 aliphatic heterocycles. The zero-order valence-electron chi connectivity index (χ0n) is 12.4. The summed E-state index contributed by atoms with van der Waals surface area (Å²) in [6.07, 6.45) is 0.355. The summed E-state index contributed by atoms with van der Waals surface area (Å²) in [7, 11) is 0. The summed E-state index contributed by atoms with van der Waals surface area (Å²) in [5.74, 6) is 0.807. The van der Waals surface area contributed by atoms with E-state index in [9.17, 15) is 0 Å². The summed E-state index contributed by atoms with van der Waals surface area (Å²) >= 11 is 12.3. The molecule has 2 N–H and O–H groups in total. The van der Waals surface area contributed by atoms with Crippen molar-refractivity contribution < 1.29 is 4.84 Å². The molecule has 0 saturated carbocycles. The van der Waals surface area contributed by atoms with Crippen molar-refractivity contribution in [1.82, 2.24) is 10.8 Å². The first-order valence-corrected chi connectivity index (χ1v) is 8.16. The van der Waals surface area contributed by atoms with Gasteiger partial charge in [0, 0.05) is 35.1 Å². The third-order valence-corrected chi connectivity index (χ3v) is 4.26. The molecule has 0 aliphatic carbocycles. The Morgan fingerprint density at radius 1 is 1.04 bits per heavy atom. The first-order valence-electron chi connectivity index (χ1n) is 7.41. The second-order valence-corrected chi connectivity index (χ2v) is 6.00. The number of hydrogen-bond donors (Lipinski definition) is 2. The minimum atomic E-state index is -0.387. The van der Waals surface area contributed by atoms with Gasteiger partial charge in [-0.25, -0.2) is 9.83 Å². The highest BCUT2D eigenvalue weighted by Crippen LogP contribution is 2.28. The van der Waals surface area contributed by atoms with E-state index in [2.05, 4.69) is 15.8 Å². The molecule has 4 nitrogen and oxygen atoms in total. The van der Waals surface area contributed by atoms with Crippen molar-refractivity contribution in [3.63, 3.8) is 0 Å². The highest BCUT2D eigenvalue weighted by atomic mass is 35.5. The molecule has 0 aromatic heterocycles. The van der Waals surface area contributed by atoms with Gasteiger partial charge in [0.25, 0.3) is 0 Å². The molecule has 6 heteroatoms. The molecule has 0 bridgehead atoms. The van der Waals surface area contributed by atoms with Crippen molar-refractivity contribution in [2.45, 2.75) is 19.2 Å². The maximum Gasteiger partial charge on any atom is 0.203 e. The molecular formula is C17H17Cl2N3O. The summed E-state index contributed by atoms with van der Waals surface area (Å²) in [6.45, 7) is 1.50. The lowest BCUT2D eigenvalue weighted by Crippen LogP contribution is -2.23. The number of halogens is 2. The lowest BCUT2D eigenvalue weighted by Gasteiger charge is -2.07. The highest BCUT2D eigenvalue weighted by molar-refractivity contribution is 6.31. The SMILES string of the molecule is Clc1ccccc1CNCCC1=NC(c2ccccc2Cl)ON1. The quantitative estimate of drug-likeness (QED) is 0.771. The zero-order chi connectivity index (χ0) is 16.1. The molecule has 0 saturated heterocycles. The molecule has 1 heterocycles. The summed E-state index contributed by atoms with van der Waals surface area (Å²) in [6, 6.07) is 15.4. The van der Waals surface area contributed by atoms with Crippen molar-refractivity contribution in [3.05, 3.63) is 69.7 Å². The van der Waals surface area contributed by atoms with Gasteiger partial charge in [-0.15, -0.1) is 0 Å². The average molecular weight is 350 g/mol. The summed E-state index contributed by atoms with van der Waals surface area (Å²) in [5.41, 5.74) is 4.81. The van der Waals surface area contributed by atoms with Crippen LogP contribution in [0.5, 0.6) is 0 Å². The van der Waals surface area contributed by atoms with E-state index in [1.807, 2.05) is 48.5 Å². The van der Waals surface area contributed by atoms with Gasteiger partial charge in [-0.2, -0.15) is 0 Å². The maximum atomic E-state index is 6.16. The number of nitrogens with zero attached hydrogens (tertiary/aromatic N) is 1. The molecule has 0 spiro atoms. The van der Waals surface area contributed by atoms with Crippen LogP contribution >= 0.6 is 23.2 Å². The van der Waals surface area contributed by atoms with Gasteiger partial charge in [0.1, 0.15) is 5.84 Å². The Balaban J connectivity index is 1.49. The number of aliphatic imine (C=N–C) groups is 1. The van der Waals surface area contributed by atoms with E-state index in [0.29, 0.717) is 5.02 Å². The molecule has 0 amide bonds. The van der Waals surface area contributed by atoms with E-state index in [-0.39, 0.29) is 6.23 Å². The van der Waals surface area contributed by atoms with Crippen LogP contribution in [0.4, 0.5) is 0 Å². The molecule has 120 valence electrons. The van der Waals surface area contributed by atoms with E-state index < -0.39 is 0 Å². The largest absolute Gasteiger partial charge is 0.312 e. The number of nitrogens with one attached hydrogen (secondary N) is 2. The third-order valence-electron chi connectivity index (χ3n) is 3.54. The van der Waals surface area contributed by atoms with Gasteiger partial charge in [-0.1, -0.05) is 59.6 Å². The molecule has 1 unspecified atom stereocenters. The van der Waals surface area contributed by atoms with Gasteiger partial charge >= 0.3 is 0 Å². The normalized spacial score (nSPS) is 17.0. The Labute approximate surface area is 145 Å². The highest BCUT2D eigenvalue weighted by Gasteiger charge is 2.21. The molecule has 3 rings (SSSR count). The Morgan fingerprint density at radius 2 is 1.78 bits per heavy atom. The van der Waals surface area contributed by atoms with Crippen LogP contribution < -0.4 is 10.8 Å². The predicted octanol–water partition coefficient (Wildman–Crippen LogP) is 4.11. The van der Waals surface area contributed by atoms with Crippen LogP contribution in [0.2, 0.25) is 10.0 Å². The third kappa shape index (κ3) is 4.24. The van der Waals surface area contributed by atoms with Gasteiger partial charge in [-0.3, -0.25) is 5.48 Å². The molecular weight excluding hydrogens is 333 g/mol. The number of amidine groups is 1. The Kier molecular flexibility index (Phi) is 5.51. The van der Waals surface area contributed by atoms with Gasteiger partial charge in [-0.05, 0) is 17.7 Å². The van der Waals surface area contributed by atoms with Gasteiger partial charge < -0.3 is 5.32 Å². The van der Waals surface area contributed by atoms with E-state index in [1.54, 1.807) is 0 Å². The fraction of sp³-hybridized carbons (Fsp3) is 0.235. The van der Waals surface area contributed by atoms with E-state index in [1.165, 1.54) is 0 Å². The van der Waals surface area contributed by atoms with E-state index in [0.717, 1.165) is 41.5 Å². The standard InChI is InChI=1S/C17H17Cl2N3O/c18-14-7-3-1-5-12(14)11-20-10-9-16-21-17(23-22-16)13-6-2-4-8-15(13)19/h1-8,17,20H,9-11H2,(H,21,22). The molecule has 2 aromatic carbocycles. The number of hydrogen-bond acceptors (Lipinski definition) is 4. The van der Waals surface area contributed by atoms with Crippen LogP contribution in [-0.2, 0) is 11.4 Å². The van der Waals surface area contributed by atoms with Crippen LogP contribution in [0, 0.1) is 0 Å². The van der Waals surface area contributed by atoms with Crippen molar-refractivity contribution in [1.29, 1.82) is 0 Å². The van der Waals surface area contributed by atoms with Crippen LogP contribution in [0.3, 0.4) is 0 Å². The lowest BCUT2D eigenvalue weighted by atomic mass is 10.2. The molecule has 23 heavy (non-hydrogen) atoms. The van der Waals surface area contributed by atoms with Crippen molar-refractivity contribution in [3.8, 4) is 0 Å². The molecule has 2 aromatic rings. The number of benzene rings is 2. The molecule has 1 aliphatic rings. The van der Waals surface area contributed by atoms with Crippen molar-refractivity contribution in [2.75, 3.05) is 6.54 Å².